The molecule has 2 rings (SSSR count). The SMILES string of the molecule is CC(C)(C)C1=CC(=Nc2ccccc2N)C=C(C(C)(C)C)C1O. The van der Waals surface area contributed by atoms with Gasteiger partial charge >= 0.3 is 0 Å². The number of aliphatic imine (C=N–C) groups is 1. The monoisotopic (exact) mass is 312 g/mol. The smallest absolute Gasteiger partial charge is 0.0978 e. The Morgan fingerprint density at radius 1 is 0.913 bits per heavy atom. The number of nitrogens with two attached hydrogens (primary N) is 1. The number of aliphatic hydroxyl groups is 1. The van der Waals surface area contributed by atoms with Crippen molar-refractivity contribution in [3.8, 4) is 0 Å². The number of aliphatic hydroxyl groups excluding tert-OH is 1. The van der Waals surface area contributed by atoms with Crippen LogP contribution in [-0.2, 0) is 0 Å². The lowest BCUT2D eigenvalue weighted by atomic mass is 9.71. The molecule has 3 heteroatoms. The van der Waals surface area contributed by atoms with Crippen molar-refractivity contribution in [2.75, 3.05) is 5.73 Å². The van der Waals surface area contributed by atoms with Crippen LogP contribution in [-0.4, -0.2) is 16.9 Å². The molecule has 0 saturated heterocycles. The Kier molecular flexibility index (Phi) is 4.54. The van der Waals surface area contributed by atoms with E-state index in [2.05, 4.69) is 41.5 Å². The summed E-state index contributed by atoms with van der Waals surface area (Å²) in [5, 5.41) is 10.8. The molecule has 1 aliphatic carbocycles. The van der Waals surface area contributed by atoms with Crippen molar-refractivity contribution in [3.63, 3.8) is 0 Å². The fourth-order valence-corrected chi connectivity index (χ4v) is 2.73. The van der Waals surface area contributed by atoms with E-state index < -0.39 is 6.10 Å². The fraction of sp³-hybridized carbons (Fsp3) is 0.450. The van der Waals surface area contributed by atoms with Gasteiger partial charge in [0.2, 0.25) is 0 Å². The van der Waals surface area contributed by atoms with Gasteiger partial charge in [-0.1, -0.05) is 53.7 Å². The normalized spacial score (nSPS) is 19.3. The van der Waals surface area contributed by atoms with Gasteiger partial charge in [0.05, 0.1) is 23.2 Å². The molecule has 124 valence electrons. The Labute approximate surface area is 139 Å². The highest BCUT2D eigenvalue weighted by Crippen LogP contribution is 2.40. The van der Waals surface area contributed by atoms with E-state index in [0.717, 1.165) is 22.5 Å². The van der Waals surface area contributed by atoms with Crippen molar-refractivity contribution in [2.45, 2.75) is 47.6 Å². The Balaban J connectivity index is 2.59. The number of allylic oxidation sites excluding steroid dienone is 2. The van der Waals surface area contributed by atoms with Crippen LogP contribution < -0.4 is 5.73 Å². The van der Waals surface area contributed by atoms with E-state index >= 15 is 0 Å². The van der Waals surface area contributed by atoms with Gasteiger partial charge in [-0.25, -0.2) is 4.99 Å². The van der Waals surface area contributed by atoms with Crippen molar-refractivity contribution in [1.82, 2.24) is 0 Å². The molecule has 0 unspecified atom stereocenters. The average Bonchev–Trinajstić information content (AvgIpc) is 2.40. The average molecular weight is 312 g/mol. The van der Waals surface area contributed by atoms with E-state index in [1.807, 2.05) is 36.4 Å². The van der Waals surface area contributed by atoms with E-state index in [4.69, 9.17) is 10.7 Å². The van der Waals surface area contributed by atoms with Gasteiger partial charge in [0, 0.05) is 0 Å². The van der Waals surface area contributed by atoms with Crippen molar-refractivity contribution >= 4 is 17.1 Å². The third-order valence-corrected chi connectivity index (χ3v) is 4.11. The van der Waals surface area contributed by atoms with Crippen molar-refractivity contribution in [3.05, 3.63) is 47.6 Å². The molecule has 1 aromatic carbocycles. The molecule has 0 saturated carbocycles. The summed E-state index contributed by atoms with van der Waals surface area (Å²) >= 11 is 0. The number of para-hydroxylation sites is 2. The second kappa shape index (κ2) is 5.97. The van der Waals surface area contributed by atoms with Gasteiger partial charge in [-0.2, -0.15) is 0 Å². The first kappa shape index (κ1) is 17.5. The molecular weight excluding hydrogens is 284 g/mol. The summed E-state index contributed by atoms with van der Waals surface area (Å²) in [5.41, 5.74) is 9.96. The topological polar surface area (TPSA) is 58.6 Å². The van der Waals surface area contributed by atoms with E-state index in [9.17, 15) is 5.11 Å². The lowest BCUT2D eigenvalue weighted by Crippen LogP contribution is -2.33. The summed E-state index contributed by atoms with van der Waals surface area (Å²) < 4.78 is 0. The molecule has 0 bridgehead atoms. The summed E-state index contributed by atoms with van der Waals surface area (Å²) in [5.74, 6) is 0. The van der Waals surface area contributed by atoms with Gasteiger partial charge in [-0.3, -0.25) is 0 Å². The molecule has 1 aliphatic rings. The van der Waals surface area contributed by atoms with E-state index in [-0.39, 0.29) is 10.8 Å². The Bertz CT molecular complexity index is 648. The third-order valence-electron chi connectivity index (χ3n) is 4.11. The molecule has 0 radical (unpaired) electrons. The molecule has 0 heterocycles. The number of hydrogen-bond donors (Lipinski definition) is 2. The molecule has 0 spiro atoms. The zero-order valence-corrected chi connectivity index (χ0v) is 15.0. The standard InChI is InChI=1S/C20H28N2O/c1-19(2,3)14-11-13(12-15(18(14)23)20(4,5)6)22-17-10-8-7-9-16(17)21/h7-12,18,23H,21H2,1-6H3. The summed E-state index contributed by atoms with van der Waals surface area (Å²) in [7, 11) is 0. The van der Waals surface area contributed by atoms with Crippen LogP contribution in [0.1, 0.15) is 41.5 Å². The number of benzene rings is 1. The molecule has 0 atom stereocenters. The first-order valence-corrected chi connectivity index (χ1v) is 8.05. The van der Waals surface area contributed by atoms with E-state index in [0.29, 0.717) is 5.69 Å². The highest BCUT2D eigenvalue weighted by Gasteiger charge is 2.34. The number of nitrogens with zero attached hydrogens (tertiary/aromatic N) is 1. The van der Waals surface area contributed by atoms with Gasteiger partial charge in [-0.15, -0.1) is 0 Å². The lowest BCUT2D eigenvalue weighted by Gasteiger charge is -2.36. The second-order valence-electron chi connectivity index (χ2n) is 8.20. The molecule has 1 aromatic rings. The van der Waals surface area contributed by atoms with Crippen LogP contribution in [0.2, 0.25) is 0 Å². The highest BCUT2D eigenvalue weighted by atomic mass is 16.3. The molecule has 3 N–H and O–H groups in total. The van der Waals surface area contributed by atoms with E-state index in [1.54, 1.807) is 0 Å². The van der Waals surface area contributed by atoms with Crippen LogP contribution in [0.4, 0.5) is 11.4 Å². The van der Waals surface area contributed by atoms with Gasteiger partial charge in [-0.05, 0) is 46.3 Å². The van der Waals surface area contributed by atoms with Crippen LogP contribution in [0.3, 0.4) is 0 Å². The molecule has 0 aromatic heterocycles. The number of hydrogen-bond acceptors (Lipinski definition) is 3. The van der Waals surface area contributed by atoms with Crippen LogP contribution in [0, 0.1) is 10.8 Å². The minimum absolute atomic E-state index is 0.132. The number of anilines is 1. The zero-order valence-electron chi connectivity index (χ0n) is 15.0. The van der Waals surface area contributed by atoms with Crippen LogP contribution >= 0.6 is 0 Å². The Morgan fingerprint density at radius 2 is 1.39 bits per heavy atom. The summed E-state index contributed by atoms with van der Waals surface area (Å²) in [4.78, 5) is 4.71. The summed E-state index contributed by atoms with van der Waals surface area (Å²) in [6.07, 6.45) is 3.42. The summed E-state index contributed by atoms with van der Waals surface area (Å²) in [6, 6.07) is 7.58. The Hall–Kier alpha value is -1.87. The highest BCUT2D eigenvalue weighted by molar-refractivity contribution is 6.08. The fourth-order valence-electron chi connectivity index (χ4n) is 2.73. The van der Waals surface area contributed by atoms with Gasteiger partial charge < -0.3 is 10.8 Å². The molecule has 23 heavy (non-hydrogen) atoms. The van der Waals surface area contributed by atoms with Crippen molar-refractivity contribution in [1.29, 1.82) is 0 Å². The second-order valence-corrected chi connectivity index (χ2v) is 8.20. The summed E-state index contributed by atoms with van der Waals surface area (Å²) in [6.45, 7) is 12.7. The number of nitrogen functional groups attached to an aromatic ring is 1. The molecule has 3 nitrogen and oxygen atoms in total. The zero-order chi connectivity index (χ0) is 17.4. The van der Waals surface area contributed by atoms with Crippen molar-refractivity contribution < 1.29 is 5.11 Å². The minimum atomic E-state index is -0.568. The minimum Gasteiger partial charge on any atom is -0.397 e. The largest absolute Gasteiger partial charge is 0.397 e. The van der Waals surface area contributed by atoms with Crippen LogP contribution in [0.5, 0.6) is 0 Å². The van der Waals surface area contributed by atoms with E-state index in [1.165, 1.54) is 0 Å². The predicted molar refractivity (Wildman–Crippen MR) is 99.0 cm³/mol. The lowest BCUT2D eigenvalue weighted by molar-refractivity contribution is 0.193. The third kappa shape index (κ3) is 3.91. The maximum Gasteiger partial charge on any atom is 0.0978 e. The number of rotatable bonds is 1. The van der Waals surface area contributed by atoms with Gasteiger partial charge in [0.15, 0.2) is 0 Å². The predicted octanol–water partition coefficient (Wildman–Crippen LogP) is 4.66. The van der Waals surface area contributed by atoms with Crippen LogP contribution in [0.25, 0.3) is 0 Å². The van der Waals surface area contributed by atoms with Crippen molar-refractivity contribution in [2.24, 2.45) is 15.8 Å². The molecule has 0 aliphatic heterocycles. The Morgan fingerprint density at radius 3 is 1.83 bits per heavy atom. The molecule has 0 fully saturated rings. The molecular formula is C20H28N2O. The maximum atomic E-state index is 10.8. The van der Waals surface area contributed by atoms with Gasteiger partial charge in [0.25, 0.3) is 0 Å². The first-order valence-electron chi connectivity index (χ1n) is 8.05. The van der Waals surface area contributed by atoms with Crippen LogP contribution in [0.15, 0.2) is 52.6 Å². The van der Waals surface area contributed by atoms with Gasteiger partial charge in [0.1, 0.15) is 0 Å². The first-order chi connectivity index (χ1) is 10.5. The maximum absolute atomic E-state index is 10.8. The quantitative estimate of drug-likeness (QED) is 0.741. The molecule has 0 amide bonds.